The number of rotatable bonds is 4. The fourth-order valence-corrected chi connectivity index (χ4v) is 1.87. The summed E-state index contributed by atoms with van der Waals surface area (Å²) in [5, 5.41) is 3.25. The van der Waals surface area contributed by atoms with E-state index < -0.39 is 0 Å². The first-order chi connectivity index (χ1) is 7.45. The summed E-state index contributed by atoms with van der Waals surface area (Å²) in [6.45, 7) is 9.95. The van der Waals surface area contributed by atoms with Gasteiger partial charge in [-0.25, -0.2) is 0 Å². The van der Waals surface area contributed by atoms with Crippen molar-refractivity contribution in [2.75, 3.05) is 12.4 Å². The van der Waals surface area contributed by atoms with Gasteiger partial charge in [-0.1, -0.05) is 39.0 Å². The quantitative estimate of drug-likeness (QED) is 0.465. The van der Waals surface area contributed by atoms with Crippen molar-refractivity contribution in [3.63, 3.8) is 0 Å². The van der Waals surface area contributed by atoms with Crippen molar-refractivity contribution in [3.8, 4) is 0 Å². The van der Waals surface area contributed by atoms with E-state index >= 15 is 0 Å². The largest absolute Gasteiger partial charge is 0.308 e. The van der Waals surface area contributed by atoms with Gasteiger partial charge in [0.25, 0.3) is 0 Å². The third-order valence-corrected chi connectivity index (χ3v) is 3.12. The van der Waals surface area contributed by atoms with Crippen LogP contribution in [0.1, 0.15) is 37.5 Å². The monoisotopic (exact) mass is 237 g/mol. The average Bonchev–Trinajstić information content (AvgIpc) is 2.19. The van der Waals surface area contributed by atoms with Crippen LogP contribution in [0.2, 0.25) is 0 Å². The molecule has 0 aromatic heterocycles. The maximum atomic E-state index is 4.15. The van der Waals surface area contributed by atoms with E-state index in [1.54, 1.807) is 0 Å². The van der Waals surface area contributed by atoms with Gasteiger partial charge in [-0.15, -0.1) is 0 Å². The highest BCUT2D eigenvalue weighted by Crippen LogP contribution is 2.24. The summed E-state index contributed by atoms with van der Waals surface area (Å²) >= 11 is 4.15. The van der Waals surface area contributed by atoms with Crippen LogP contribution in [0.25, 0.3) is 0 Å². The van der Waals surface area contributed by atoms with E-state index in [9.17, 15) is 0 Å². The van der Waals surface area contributed by atoms with Gasteiger partial charge in [0.1, 0.15) is 0 Å². The van der Waals surface area contributed by atoms with Crippen molar-refractivity contribution in [2.24, 2.45) is 0 Å². The SMILES string of the molecule is Cc1ccc(C(C)(C)C)cc1CCNCS. The second-order valence-corrected chi connectivity index (χ2v) is 5.62. The van der Waals surface area contributed by atoms with Gasteiger partial charge in [0.05, 0.1) is 0 Å². The molecule has 0 bridgehead atoms. The number of nitrogens with one attached hydrogen (secondary N) is 1. The minimum atomic E-state index is 0.236. The van der Waals surface area contributed by atoms with Crippen LogP contribution in [0.3, 0.4) is 0 Å². The minimum Gasteiger partial charge on any atom is -0.308 e. The molecule has 0 saturated carbocycles. The molecule has 0 unspecified atom stereocenters. The van der Waals surface area contributed by atoms with Gasteiger partial charge in [-0.2, -0.15) is 12.6 Å². The van der Waals surface area contributed by atoms with Crippen molar-refractivity contribution in [1.29, 1.82) is 0 Å². The summed E-state index contributed by atoms with van der Waals surface area (Å²) < 4.78 is 0. The van der Waals surface area contributed by atoms with Gasteiger partial charge in [0.15, 0.2) is 0 Å². The van der Waals surface area contributed by atoms with E-state index in [0.717, 1.165) is 18.8 Å². The summed E-state index contributed by atoms with van der Waals surface area (Å²) in [4.78, 5) is 0. The van der Waals surface area contributed by atoms with Crippen molar-refractivity contribution < 1.29 is 0 Å². The number of aryl methyl sites for hydroxylation is 1. The lowest BCUT2D eigenvalue weighted by Gasteiger charge is -2.21. The average molecular weight is 237 g/mol. The van der Waals surface area contributed by atoms with Crippen LogP contribution in [0, 0.1) is 6.92 Å². The third kappa shape index (κ3) is 3.84. The molecule has 1 N–H and O–H groups in total. The molecule has 16 heavy (non-hydrogen) atoms. The summed E-state index contributed by atoms with van der Waals surface area (Å²) in [5.74, 6) is 0.748. The Morgan fingerprint density at radius 2 is 1.94 bits per heavy atom. The van der Waals surface area contributed by atoms with Crippen LogP contribution in [-0.4, -0.2) is 12.4 Å². The van der Waals surface area contributed by atoms with Crippen molar-refractivity contribution in [1.82, 2.24) is 5.32 Å². The van der Waals surface area contributed by atoms with Crippen LogP contribution < -0.4 is 5.32 Å². The van der Waals surface area contributed by atoms with E-state index in [1.807, 2.05) is 0 Å². The molecule has 0 fully saturated rings. The maximum Gasteiger partial charge on any atom is 0.0387 e. The molecule has 0 aliphatic rings. The molecule has 0 heterocycles. The van der Waals surface area contributed by atoms with Gasteiger partial charge in [0.2, 0.25) is 0 Å². The minimum absolute atomic E-state index is 0.236. The molecule has 0 spiro atoms. The van der Waals surface area contributed by atoms with Gasteiger partial charge in [-0.05, 0) is 42.0 Å². The fourth-order valence-electron chi connectivity index (χ4n) is 1.71. The van der Waals surface area contributed by atoms with Crippen molar-refractivity contribution >= 4 is 12.6 Å². The zero-order chi connectivity index (χ0) is 12.2. The van der Waals surface area contributed by atoms with Crippen LogP contribution in [0.15, 0.2) is 18.2 Å². The Balaban J connectivity index is 2.83. The Labute approximate surface area is 105 Å². The number of hydrogen-bond donors (Lipinski definition) is 2. The summed E-state index contributed by atoms with van der Waals surface area (Å²) in [7, 11) is 0. The van der Waals surface area contributed by atoms with Crippen LogP contribution in [0.5, 0.6) is 0 Å². The van der Waals surface area contributed by atoms with Gasteiger partial charge in [-0.3, -0.25) is 0 Å². The lowest BCUT2D eigenvalue weighted by atomic mass is 9.85. The molecule has 1 aromatic rings. The molecular formula is C14H23NS. The molecule has 0 saturated heterocycles. The van der Waals surface area contributed by atoms with Crippen LogP contribution >= 0.6 is 12.6 Å². The van der Waals surface area contributed by atoms with E-state index in [4.69, 9.17) is 0 Å². The van der Waals surface area contributed by atoms with E-state index in [2.05, 4.69) is 63.8 Å². The molecule has 0 aliphatic heterocycles. The third-order valence-electron chi connectivity index (χ3n) is 2.90. The van der Waals surface area contributed by atoms with Gasteiger partial charge >= 0.3 is 0 Å². The van der Waals surface area contributed by atoms with Crippen LogP contribution in [0.4, 0.5) is 0 Å². The number of thiol groups is 1. The Morgan fingerprint density at radius 1 is 1.25 bits per heavy atom. The molecule has 0 radical (unpaired) electrons. The highest BCUT2D eigenvalue weighted by Gasteiger charge is 2.14. The normalized spacial score (nSPS) is 11.8. The molecule has 0 aliphatic carbocycles. The molecule has 90 valence electrons. The predicted octanol–water partition coefficient (Wildman–Crippen LogP) is 3.31. The highest BCUT2D eigenvalue weighted by atomic mass is 32.1. The molecule has 0 atom stereocenters. The second-order valence-electron chi connectivity index (χ2n) is 5.30. The number of benzene rings is 1. The standard InChI is InChI=1S/C14H23NS/c1-11-5-6-13(14(2,3)4)9-12(11)7-8-15-10-16/h5-6,9,15-16H,7-8,10H2,1-4H3. The first-order valence-corrected chi connectivity index (χ1v) is 6.50. The van der Waals surface area contributed by atoms with Gasteiger partial charge < -0.3 is 5.32 Å². The molecule has 1 aromatic carbocycles. The van der Waals surface area contributed by atoms with E-state index in [-0.39, 0.29) is 5.41 Å². The Bertz CT molecular complexity index is 339. The second kappa shape index (κ2) is 5.74. The van der Waals surface area contributed by atoms with E-state index in [0.29, 0.717) is 0 Å². The van der Waals surface area contributed by atoms with Crippen molar-refractivity contribution in [2.45, 2.75) is 39.5 Å². The summed E-state index contributed by atoms with van der Waals surface area (Å²) in [6.07, 6.45) is 1.08. The highest BCUT2D eigenvalue weighted by molar-refractivity contribution is 7.80. The predicted molar refractivity (Wildman–Crippen MR) is 75.4 cm³/mol. The zero-order valence-corrected chi connectivity index (χ0v) is 11.7. The first-order valence-electron chi connectivity index (χ1n) is 5.86. The topological polar surface area (TPSA) is 12.0 Å². The smallest absolute Gasteiger partial charge is 0.0387 e. The van der Waals surface area contributed by atoms with Crippen molar-refractivity contribution in [3.05, 3.63) is 34.9 Å². The Morgan fingerprint density at radius 3 is 2.50 bits per heavy atom. The fraction of sp³-hybridized carbons (Fsp3) is 0.571. The van der Waals surface area contributed by atoms with E-state index in [1.165, 1.54) is 16.7 Å². The molecular weight excluding hydrogens is 214 g/mol. The molecule has 1 nitrogen and oxygen atoms in total. The van der Waals surface area contributed by atoms with Gasteiger partial charge in [0, 0.05) is 5.88 Å². The molecule has 0 amide bonds. The summed E-state index contributed by atoms with van der Waals surface area (Å²) in [6, 6.07) is 6.82. The lowest BCUT2D eigenvalue weighted by molar-refractivity contribution is 0.588. The lowest BCUT2D eigenvalue weighted by Crippen LogP contribution is -2.16. The maximum absolute atomic E-state index is 4.15. The van der Waals surface area contributed by atoms with Crippen LogP contribution in [-0.2, 0) is 11.8 Å². The summed E-state index contributed by atoms with van der Waals surface area (Å²) in [5.41, 5.74) is 4.48. The Hall–Kier alpha value is -0.470. The molecule has 2 heteroatoms. The first kappa shape index (κ1) is 13.6. The molecule has 1 rings (SSSR count). The zero-order valence-electron chi connectivity index (χ0n) is 10.8. The number of hydrogen-bond acceptors (Lipinski definition) is 2. The Kier molecular flexibility index (Phi) is 4.88.